The molecule has 0 amide bonds. The smallest absolute Gasteiger partial charge is 0.212 e. The standard InChI is InChI=1S/C10H17NO2S2/c1-8(2)7-11-5-3-9-10(4-6-14-9)15(11,12)13/h4,6,8-10H,3,5,7H2,1-2H3. The molecule has 5 heteroatoms. The Kier molecular flexibility index (Phi) is 3.14. The van der Waals surface area contributed by atoms with Gasteiger partial charge in [0.15, 0.2) is 0 Å². The number of fused-ring (bicyclic) bond motifs is 1. The molecule has 0 aromatic rings. The summed E-state index contributed by atoms with van der Waals surface area (Å²) in [6, 6.07) is 0. The van der Waals surface area contributed by atoms with Crippen molar-refractivity contribution in [2.45, 2.75) is 30.8 Å². The van der Waals surface area contributed by atoms with Gasteiger partial charge < -0.3 is 0 Å². The van der Waals surface area contributed by atoms with Gasteiger partial charge in [0.25, 0.3) is 0 Å². The molecule has 0 aliphatic carbocycles. The Morgan fingerprint density at radius 1 is 1.53 bits per heavy atom. The molecule has 2 aliphatic rings. The Morgan fingerprint density at radius 2 is 2.27 bits per heavy atom. The largest absolute Gasteiger partial charge is 0.221 e. The lowest BCUT2D eigenvalue weighted by Crippen LogP contribution is -2.48. The van der Waals surface area contributed by atoms with Gasteiger partial charge in [-0.2, -0.15) is 0 Å². The van der Waals surface area contributed by atoms with Crippen molar-refractivity contribution in [3.8, 4) is 0 Å². The summed E-state index contributed by atoms with van der Waals surface area (Å²) in [4.78, 5) is 0. The highest BCUT2D eigenvalue weighted by Crippen LogP contribution is 2.37. The van der Waals surface area contributed by atoms with Gasteiger partial charge in [-0.3, -0.25) is 0 Å². The SMILES string of the molecule is CC(C)CN1CCC2SC=CC2S1(=O)=O. The van der Waals surface area contributed by atoms with Crippen LogP contribution < -0.4 is 0 Å². The average Bonchev–Trinajstić information content (AvgIpc) is 2.58. The third-order valence-corrected chi connectivity index (χ3v) is 6.41. The van der Waals surface area contributed by atoms with Crippen LogP contribution in [0, 0.1) is 5.92 Å². The van der Waals surface area contributed by atoms with Crippen LogP contribution in [-0.4, -0.2) is 36.3 Å². The Bertz CT molecular complexity index is 362. The molecule has 0 saturated carbocycles. The van der Waals surface area contributed by atoms with E-state index < -0.39 is 10.0 Å². The van der Waals surface area contributed by atoms with Gasteiger partial charge in [0, 0.05) is 18.3 Å². The zero-order chi connectivity index (χ0) is 11.1. The van der Waals surface area contributed by atoms with Gasteiger partial charge in [0.1, 0.15) is 5.25 Å². The minimum atomic E-state index is -3.07. The van der Waals surface area contributed by atoms with Gasteiger partial charge in [-0.25, -0.2) is 12.7 Å². The number of rotatable bonds is 2. The Morgan fingerprint density at radius 3 is 2.93 bits per heavy atom. The van der Waals surface area contributed by atoms with E-state index in [2.05, 4.69) is 13.8 Å². The predicted octanol–water partition coefficient (Wildman–Crippen LogP) is 1.68. The summed E-state index contributed by atoms with van der Waals surface area (Å²) in [5.74, 6) is 0.398. The van der Waals surface area contributed by atoms with Gasteiger partial charge in [-0.15, -0.1) is 11.8 Å². The summed E-state index contributed by atoms with van der Waals surface area (Å²) in [5, 5.41) is 1.93. The first-order valence-corrected chi connectivity index (χ1v) is 7.77. The van der Waals surface area contributed by atoms with Gasteiger partial charge in [0.2, 0.25) is 10.0 Å². The maximum atomic E-state index is 12.2. The van der Waals surface area contributed by atoms with Gasteiger partial charge in [-0.05, 0) is 17.7 Å². The minimum Gasteiger partial charge on any atom is -0.212 e. The summed E-state index contributed by atoms with van der Waals surface area (Å²) in [7, 11) is -3.07. The molecule has 2 unspecified atom stereocenters. The van der Waals surface area contributed by atoms with Crippen molar-refractivity contribution in [3.05, 3.63) is 11.5 Å². The number of hydrogen-bond acceptors (Lipinski definition) is 3. The molecule has 2 heterocycles. The second kappa shape index (κ2) is 4.11. The molecule has 0 aromatic heterocycles. The van der Waals surface area contributed by atoms with E-state index in [1.165, 1.54) is 0 Å². The molecule has 2 aliphatic heterocycles. The molecule has 86 valence electrons. The lowest BCUT2D eigenvalue weighted by Gasteiger charge is -2.34. The van der Waals surface area contributed by atoms with E-state index in [1.807, 2.05) is 11.5 Å². The van der Waals surface area contributed by atoms with Crippen molar-refractivity contribution < 1.29 is 8.42 Å². The van der Waals surface area contributed by atoms with Gasteiger partial charge in [0.05, 0.1) is 0 Å². The van der Waals surface area contributed by atoms with Gasteiger partial charge >= 0.3 is 0 Å². The van der Waals surface area contributed by atoms with Crippen molar-refractivity contribution in [2.75, 3.05) is 13.1 Å². The maximum Gasteiger partial charge on any atom is 0.221 e. The van der Waals surface area contributed by atoms with E-state index in [1.54, 1.807) is 16.1 Å². The Labute approximate surface area is 96.0 Å². The number of thioether (sulfide) groups is 1. The first kappa shape index (κ1) is 11.5. The van der Waals surface area contributed by atoms with E-state index in [-0.39, 0.29) is 10.5 Å². The van der Waals surface area contributed by atoms with Crippen LogP contribution >= 0.6 is 11.8 Å². The summed E-state index contributed by atoms with van der Waals surface area (Å²) in [6.45, 7) is 5.46. The molecule has 3 nitrogen and oxygen atoms in total. The fourth-order valence-electron chi connectivity index (χ4n) is 2.12. The monoisotopic (exact) mass is 247 g/mol. The fourth-order valence-corrected chi connectivity index (χ4v) is 5.79. The van der Waals surface area contributed by atoms with E-state index in [0.29, 0.717) is 19.0 Å². The molecule has 0 aromatic carbocycles. The van der Waals surface area contributed by atoms with Gasteiger partial charge in [-0.1, -0.05) is 19.9 Å². The third-order valence-electron chi connectivity index (χ3n) is 2.82. The number of nitrogens with zero attached hydrogens (tertiary/aromatic N) is 1. The van der Waals surface area contributed by atoms with Crippen molar-refractivity contribution in [1.29, 1.82) is 0 Å². The fraction of sp³-hybridized carbons (Fsp3) is 0.800. The highest BCUT2D eigenvalue weighted by atomic mass is 32.2. The van der Waals surface area contributed by atoms with Crippen LogP contribution in [0.3, 0.4) is 0 Å². The molecule has 1 saturated heterocycles. The molecular weight excluding hydrogens is 230 g/mol. The Balaban J connectivity index is 2.19. The molecule has 1 fully saturated rings. The highest BCUT2D eigenvalue weighted by molar-refractivity contribution is 8.04. The molecule has 0 bridgehead atoms. The van der Waals surface area contributed by atoms with Crippen molar-refractivity contribution in [2.24, 2.45) is 5.92 Å². The summed E-state index contributed by atoms with van der Waals surface area (Å²) < 4.78 is 26.0. The first-order valence-electron chi connectivity index (χ1n) is 5.33. The van der Waals surface area contributed by atoms with Crippen molar-refractivity contribution in [1.82, 2.24) is 4.31 Å². The van der Waals surface area contributed by atoms with Crippen LogP contribution in [0.15, 0.2) is 11.5 Å². The molecule has 0 spiro atoms. The topological polar surface area (TPSA) is 37.4 Å². The molecular formula is C10H17NO2S2. The van der Waals surface area contributed by atoms with Crippen LogP contribution in [0.5, 0.6) is 0 Å². The quantitative estimate of drug-likeness (QED) is 0.745. The molecule has 0 radical (unpaired) electrons. The summed E-state index contributed by atoms with van der Waals surface area (Å²) >= 11 is 1.66. The zero-order valence-corrected chi connectivity index (χ0v) is 10.7. The lowest BCUT2D eigenvalue weighted by atomic mass is 10.2. The average molecular weight is 247 g/mol. The molecule has 2 atom stereocenters. The third kappa shape index (κ3) is 2.10. The second-order valence-corrected chi connectivity index (χ2v) is 7.79. The maximum absolute atomic E-state index is 12.2. The first-order chi connectivity index (χ1) is 7.01. The lowest BCUT2D eigenvalue weighted by molar-refractivity contribution is 0.342. The molecule has 15 heavy (non-hydrogen) atoms. The van der Waals surface area contributed by atoms with Crippen LogP contribution in [0.25, 0.3) is 0 Å². The minimum absolute atomic E-state index is 0.262. The number of sulfonamides is 1. The van der Waals surface area contributed by atoms with Crippen LogP contribution in [0.2, 0.25) is 0 Å². The van der Waals surface area contributed by atoms with Crippen LogP contribution in [0.1, 0.15) is 20.3 Å². The van der Waals surface area contributed by atoms with Crippen molar-refractivity contribution in [3.63, 3.8) is 0 Å². The molecule has 0 N–H and O–H groups in total. The summed E-state index contributed by atoms with van der Waals surface area (Å²) in [5.41, 5.74) is 0. The van der Waals surface area contributed by atoms with Crippen LogP contribution in [0.4, 0.5) is 0 Å². The highest BCUT2D eigenvalue weighted by Gasteiger charge is 2.42. The normalized spacial score (nSPS) is 34.6. The molecule has 2 rings (SSSR count). The second-order valence-electron chi connectivity index (χ2n) is 4.55. The predicted molar refractivity (Wildman–Crippen MR) is 64.3 cm³/mol. The van der Waals surface area contributed by atoms with E-state index in [4.69, 9.17) is 0 Å². The van der Waals surface area contributed by atoms with E-state index in [9.17, 15) is 8.42 Å². The number of hydrogen-bond donors (Lipinski definition) is 0. The van der Waals surface area contributed by atoms with E-state index in [0.717, 1.165) is 6.42 Å². The zero-order valence-electron chi connectivity index (χ0n) is 9.09. The van der Waals surface area contributed by atoms with Crippen LogP contribution in [-0.2, 0) is 10.0 Å². The summed E-state index contributed by atoms with van der Waals surface area (Å²) in [6.07, 6.45) is 2.82. The van der Waals surface area contributed by atoms with E-state index >= 15 is 0 Å². The van der Waals surface area contributed by atoms with Crippen molar-refractivity contribution >= 4 is 21.8 Å². The Hall–Kier alpha value is -0.0000000000000000555.